The maximum atomic E-state index is 12.7. The molecule has 0 fully saturated rings. The van der Waals surface area contributed by atoms with Crippen molar-refractivity contribution in [2.45, 2.75) is 19.0 Å². The molecule has 0 aliphatic rings. The molecule has 9 heteroatoms. The summed E-state index contributed by atoms with van der Waals surface area (Å²) in [6.07, 6.45) is -3.50. The largest absolute Gasteiger partial charge is 0.433 e. The second-order valence-electron chi connectivity index (χ2n) is 6.00. The fourth-order valence-corrected chi connectivity index (χ4v) is 2.70. The van der Waals surface area contributed by atoms with E-state index in [0.29, 0.717) is 30.6 Å². The van der Waals surface area contributed by atoms with Gasteiger partial charge in [0.25, 0.3) is 0 Å². The SMILES string of the molecule is N#Cc1c(CCCNc2cccc(C(F)(F)F)n2)nn(-c2ccccc2)c1N. The number of nitrogen functional groups attached to an aromatic ring is 1. The van der Waals surface area contributed by atoms with Crippen LogP contribution in [0.5, 0.6) is 0 Å². The summed E-state index contributed by atoms with van der Waals surface area (Å²) < 4.78 is 39.6. The third-order valence-corrected chi connectivity index (χ3v) is 4.04. The van der Waals surface area contributed by atoms with E-state index in [-0.39, 0.29) is 11.6 Å². The lowest BCUT2D eigenvalue weighted by Gasteiger charge is -2.09. The first-order chi connectivity index (χ1) is 13.4. The standard InChI is InChI=1S/C19H17F3N6/c20-19(21,22)16-9-4-10-17(26-16)25-11-5-8-15-14(12-23)18(24)28(27-15)13-6-2-1-3-7-13/h1-4,6-7,9-10H,5,8,11,24H2,(H,25,26). The molecule has 6 nitrogen and oxygen atoms in total. The molecule has 0 saturated carbocycles. The topological polar surface area (TPSA) is 92.5 Å². The van der Waals surface area contributed by atoms with Crippen LogP contribution in [0.15, 0.2) is 48.5 Å². The molecule has 0 atom stereocenters. The highest BCUT2D eigenvalue weighted by atomic mass is 19.4. The second kappa shape index (κ2) is 8.00. The Morgan fingerprint density at radius 2 is 1.86 bits per heavy atom. The van der Waals surface area contributed by atoms with Gasteiger partial charge in [-0.25, -0.2) is 9.67 Å². The van der Waals surface area contributed by atoms with Gasteiger partial charge in [-0.2, -0.15) is 23.5 Å². The Morgan fingerprint density at radius 3 is 2.54 bits per heavy atom. The van der Waals surface area contributed by atoms with E-state index in [1.165, 1.54) is 16.8 Å². The summed E-state index contributed by atoms with van der Waals surface area (Å²) in [6, 6.07) is 15.0. The van der Waals surface area contributed by atoms with E-state index in [9.17, 15) is 18.4 Å². The Kier molecular flexibility index (Phi) is 5.49. The smallest absolute Gasteiger partial charge is 0.382 e. The summed E-state index contributed by atoms with van der Waals surface area (Å²) in [6.45, 7) is 0.372. The van der Waals surface area contributed by atoms with Crippen LogP contribution in [0.25, 0.3) is 5.69 Å². The number of halogens is 3. The maximum absolute atomic E-state index is 12.7. The molecular formula is C19H17F3N6. The number of alkyl halides is 3. The summed E-state index contributed by atoms with van der Waals surface area (Å²) in [5.41, 5.74) is 6.69. The van der Waals surface area contributed by atoms with Crippen LogP contribution in [-0.4, -0.2) is 21.3 Å². The molecular weight excluding hydrogens is 369 g/mol. The molecule has 0 saturated heterocycles. The molecule has 0 unspecified atom stereocenters. The van der Waals surface area contributed by atoms with Gasteiger partial charge in [0, 0.05) is 6.54 Å². The first-order valence-corrected chi connectivity index (χ1v) is 8.51. The number of nitrogens with one attached hydrogen (secondary N) is 1. The van der Waals surface area contributed by atoms with Gasteiger partial charge in [-0.3, -0.25) is 0 Å². The van der Waals surface area contributed by atoms with E-state index in [2.05, 4.69) is 21.5 Å². The zero-order valence-corrected chi connectivity index (χ0v) is 14.7. The minimum Gasteiger partial charge on any atom is -0.382 e. The zero-order chi connectivity index (χ0) is 20.1. The van der Waals surface area contributed by atoms with E-state index >= 15 is 0 Å². The second-order valence-corrected chi connectivity index (χ2v) is 6.00. The first-order valence-electron chi connectivity index (χ1n) is 8.51. The van der Waals surface area contributed by atoms with Crippen LogP contribution in [0.1, 0.15) is 23.4 Å². The summed E-state index contributed by atoms with van der Waals surface area (Å²) in [5, 5.41) is 16.7. The van der Waals surface area contributed by atoms with Crippen LogP contribution >= 0.6 is 0 Å². The molecule has 3 rings (SSSR count). The van der Waals surface area contributed by atoms with Crippen LogP contribution in [0.4, 0.5) is 24.8 Å². The lowest BCUT2D eigenvalue weighted by molar-refractivity contribution is -0.141. The molecule has 2 aromatic heterocycles. The summed E-state index contributed by atoms with van der Waals surface area (Å²) in [7, 11) is 0. The van der Waals surface area contributed by atoms with Crippen molar-refractivity contribution in [1.29, 1.82) is 5.26 Å². The Morgan fingerprint density at radius 1 is 1.11 bits per heavy atom. The van der Waals surface area contributed by atoms with Gasteiger partial charge in [0.15, 0.2) is 0 Å². The van der Waals surface area contributed by atoms with Crippen LogP contribution in [0.2, 0.25) is 0 Å². The van der Waals surface area contributed by atoms with Crippen molar-refractivity contribution in [2.75, 3.05) is 17.6 Å². The molecule has 144 valence electrons. The van der Waals surface area contributed by atoms with Gasteiger partial charge in [0.2, 0.25) is 0 Å². The van der Waals surface area contributed by atoms with Crippen LogP contribution < -0.4 is 11.1 Å². The van der Waals surface area contributed by atoms with E-state index in [0.717, 1.165) is 11.8 Å². The van der Waals surface area contributed by atoms with Crippen molar-refractivity contribution < 1.29 is 13.2 Å². The monoisotopic (exact) mass is 386 g/mol. The minimum absolute atomic E-state index is 0.143. The van der Waals surface area contributed by atoms with Crippen molar-refractivity contribution in [3.05, 3.63) is 65.5 Å². The number of rotatable bonds is 6. The highest BCUT2D eigenvalue weighted by Gasteiger charge is 2.32. The highest BCUT2D eigenvalue weighted by Crippen LogP contribution is 2.28. The number of anilines is 2. The first kappa shape index (κ1) is 19.2. The van der Waals surface area contributed by atoms with Crippen molar-refractivity contribution in [3.63, 3.8) is 0 Å². The normalized spacial score (nSPS) is 11.2. The quantitative estimate of drug-likeness (QED) is 0.629. The molecule has 2 heterocycles. The van der Waals surface area contributed by atoms with Crippen LogP contribution in [0.3, 0.4) is 0 Å². The van der Waals surface area contributed by atoms with Crippen molar-refractivity contribution in [3.8, 4) is 11.8 Å². The maximum Gasteiger partial charge on any atom is 0.433 e. The number of pyridine rings is 1. The molecule has 3 N–H and O–H groups in total. The number of aromatic nitrogens is 3. The number of hydrogen-bond donors (Lipinski definition) is 2. The minimum atomic E-state index is -4.48. The molecule has 1 aromatic carbocycles. The third-order valence-electron chi connectivity index (χ3n) is 4.04. The molecule has 0 radical (unpaired) electrons. The molecule has 0 bridgehead atoms. The number of benzene rings is 1. The summed E-state index contributed by atoms with van der Waals surface area (Å²) in [4.78, 5) is 3.55. The molecule has 0 aliphatic heterocycles. The molecule has 3 aromatic rings. The molecule has 0 aliphatic carbocycles. The van der Waals surface area contributed by atoms with Crippen LogP contribution in [-0.2, 0) is 12.6 Å². The predicted octanol–water partition coefficient (Wildman–Crippen LogP) is 3.78. The number of nitrogens with zero attached hydrogens (tertiary/aromatic N) is 4. The lowest BCUT2D eigenvalue weighted by Crippen LogP contribution is -2.11. The number of aryl methyl sites for hydroxylation is 1. The van der Waals surface area contributed by atoms with Crippen LogP contribution in [0, 0.1) is 11.3 Å². The number of nitriles is 1. The van der Waals surface area contributed by atoms with Gasteiger partial charge in [-0.15, -0.1) is 0 Å². The zero-order valence-electron chi connectivity index (χ0n) is 14.7. The Bertz CT molecular complexity index is 989. The number of para-hydroxylation sites is 1. The van der Waals surface area contributed by atoms with Gasteiger partial charge in [-0.05, 0) is 37.1 Å². The highest BCUT2D eigenvalue weighted by molar-refractivity contribution is 5.56. The Hall–Kier alpha value is -3.54. The molecule has 0 amide bonds. The van der Waals surface area contributed by atoms with E-state index in [1.54, 1.807) is 0 Å². The fraction of sp³-hybridized carbons (Fsp3) is 0.211. The Balaban J connectivity index is 1.65. The number of hydrogen-bond acceptors (Lipinski definition) is 5. The summed E-state index contributed by atoms with van der Waals surface area (Å²) >= 11 is 0. The van der Waals surface area contributed by atoms with Crippen molar-refractivity contribution >= 4 is 11.6 Å². The van der Waals surface area contributed by atoms with Gasteiger partial charge in [0.05, 0.1) is 11.4 Å². The number of nitrogens with two attached hydrogens (primary N) is 1. The fourth-order valence-electron chi connectivity index (χ4n) is 2.70. The van der Waals surface area contributed by atoms with Gasteiger partial charge >= 0.3 is 6.18 Å². The van der Waals surface area contributed by atoms with Gasteiger partial charge < -0.3 is 11.1 Å². The average molecular weight is 386 g/mol. The predicted molar refractivity (Wildman–Crippen MR) is 98.7 cm³/mol. The summed E-state index contributed by atoms with van der Waals surface area (Å²) in [5.74, 6) is 0.404. The van der Waals surface area contributed by atoms with Gasteiger partial charge in [0.1, 0.15) is 29.0 Å². The van der Waals surface area contributed by atoms with E-state index in [4.69, 9.17) is 5.73 Å². The average Bonchev–Trinajstić information content (AvgIpc) is 3.01. The lowest BCUT2D eigenvalue weighted by atomic mass is 10.1. The molecule has 28 heavy (non-hydrogen) atoms. The van der Waals surface area contributed by atoms with E-state index in [1.807, 2.05) is 30.3 Å². The molecule has 0 spiro atoms. The van der Waals surface area contributed by atoms with Gasteiger partial charge in [-0.1, -0.05) is 24.3 Å². The third kappa shape index (κ3) is 4.23. The van der Waals surface area contributed by atoms with E-state index < -0.39 is 11.9 Å². The van der Waals surface area contributed by atoms with Crippen molar-refractivity contribution in [2.24, 2.45) is 0 Å². The Labute approximate surface area is 159 Å². The van der Waals surface area contributed by atoms with Crippen molar-refractivity contribution in [1.82, 2.24) is 14.8 Å².